The summed E-state index contributed by atoms with van der Waals surface area (Å²) >= 11 is 0. The lowest BCUT2D eigenvalue weighted by molar-refractivity contribution is 0.121. The minimum absolute atomic E-state index is 0.00174. The fraction of sp³-hybridized carbons (Fsp3) is 0.800. The van der Waals surface area contributed by atoms with Crippen LogP contribution in [0.15, 0.2) is 11.6 Å². The van der Waals surface area contributed by atoms with Crippen LogP contribution in [0.2, 0.25) is 0 Å². The molecule has 1 aliphatic heterocycles. The SMILES string of the molecule is CN1C(C)(C)C=C(CO)C1(C)C. The minimum Gasteiger partial charge on any atom is -0.392 e. The monoisotopic (exact) mass is 169 g/mol. The Kier molecular flexibility index (Phi) is 2.09. The average Bonchev–Trinajstić information content (AvgIpc) is 2.11. The lowest BCUT2D eigenvalue weighted by Crippen LogP contribution is -2.47. The zero-order valence-corrected chi connectivity index (χ0v) is 8.68. The van der Waals surface area contributed by atoms with Crippen LogP contribution in [0.5, 0.6) is 0 Å². The van der Waals surface area contributed by atoms with Gasteiger partial charge < -0.3 is 5.11 Å². The third-order valence-corrected chi connectivity index (χ3v) is 3.19. The number of hydrogen-bond donors (Lipinski definition) is 1. The van der Waals surface area contributed by atoms with E-state index < -0.39 is 0 Å². The second-order valence-corrected chi connectivity index (χ2v) is 4.60. The first-order valence-corrected chi connectivity index (χ1v) is 4.39. The van der Waals surface area contributed by atoms with E-state index in [4.69, 9.17) is 5.11 Å². The van der Waals surface area contributed by atoms with Gasteiger partial charge in [0.25, 0.3) is 0 Å². The number of nitrogens with zero attached hydrogens (tertiary/aromatic N) is 1. The molecule has 0 atom stereocenters. The summed E-state index contributed by atoms with van der Waals surface area (Å²) in [5.41, 5.74) is 1.19. The van der Waals surface area contributed by atoms with Gasteiger partial charge in [0, 0.05) is 11.1 Å². The number of aliphatic hydroxyl groups excluding tert-OH is 1. The third kappa shape index (κ3) is 1.19. The summed E-state index contributed by atoms with van der Waals surface area (Å²) in [5, 5.41) is 9.16. The maximum Gasteiger partial charge on any atom is 0.0660 e. The molecule has 0 aromatic heterocycles. The van der Waals surface area contributed by atoms with Gasteiger partial charge >= 0.3 is 0 Å². The van der Waals surface area contributed by atoms with Crippen molar-refractivity contribution in [2.75, 3.05) is 13.7 Å². The highest BCUT2D eigenvalue weighted by Crippen LogP contribution is 2.37. The van der Waals surface area contributed by atoms with Crippen molar-refractivity contribution in [3.63, 3.8) is 0 Å². The molecule has 1 aliphatic rings. The molecule has 0 spiro atoms. The molecule has 1 heterocycles. The molecule has 12 heavy (non-hydrogen) atoms. The summed E-state index contributed by atoms with van der Waals surface area (Å²) in [7, 11) is 2.10. The summed E-state index contributed by atoms with van der Waals surface area (Å²) < 4.78 is 0. The summed E-state index contributed by atoms with van der Waals surface area (Å²) in [5.74, 6) is 0. The van der Waals surface area contributed by atoms with Crippen LogP contribution in [0, 0.1) is 0 Å². The standard InChI is InChI=1S/C10H19NO/c1-9(2)6-8(7-12)10(3,4)11(9)5/h6,12H,7H2,1-5H3. The van der Waals surface area contributed by atoms with Gasteiger partial charge in [-0.25, -0.2) is 0 Å². The second-order valence-electron chi connectivity index (χ2n) is 4.60. The van der Waals surface area contributed by atoms with Crippen LogP contribution in [0.25, 0.3) is 0 Å². The summed E-state index contributed by atoms with van der Waals surface area (Å²) in [4.78, 5) is 2.28. The van der Waals surface area contributed by atoms with Gasteiger partial charge in [0.2, 0.25) is 0 Å². The van der Waals surface area contributed by atoms with Crippen molar-refractivity contribution in [1.29, 1.82) is 0 Å². The van der Waals surface area contributed by atoms with Crippen LogP contribution < -0.4 is 0 Å². The predicted octanol–water partition coefficient (Wildman–Crippen LogP) is 1.41. The number of rotatable bonds is 1. The largest absolute Gasteiger partial charge is 0.392 e. The van der Waals surface area contributed by atoms with E-state index in [0.29, 0.717) is 0 Å². The molecule has 0 aromatic rings. The lowest BCUT2D eigenvalue weighted by atomic mass is 9.97. The van der Waals surface area contributed by atoms with E-state index in [0.717, 1.165) is 5.57 Å². The molecule has 0 bridgehead atoms. The summed E-state index contributed by atoms with van der Waals surface area (Å²) in [6.45, 7) is 8.78. The molecule has 2 nitrogen and oxygen atoms in total. The van der Waals surface area contributed by atoms with Crippen molar-refractivity contribution in [2.45, 2.75) is 38.8 Å². The van der Waals surface area contributed by atoms with E-state index >= 15 is 0 Å². The molecule has 1 N–H and O–H groups in total. The number of hydrogen-bond acceptors (Lipinski definition) is 2. The van der Waals surface area contributed by atoms with Crippen LogP contribution in [0.1, 0.15) is 27.7 Å². The number of aliphatic hydroxyl groups is 1. The normalized spacial score (nSPS) is 27.3. The van der Waals surface area contributed by atoms with Gasteiger partial charge in [-0.05, 0) is 40.3 Å². The Morgan fingerprint density at radius 2 is 1.83 bits per heavy atom. The fourth-order valence-electron chi connectivity index (χ4n) is 1.87. The molecule has 70 valence electrons. The van der Waals surface area contributed by atoms with E-state index in [1.54, 1.807) is 0 Å². The topological polar surface area (TPSA) is 23.5 Å². The first-order chi connectivity index (χ1) is 5.32. The van der Waals surface area contributed by atoms with Gasteiger partial charge in [0.15, 0.2) is 0 Å². The predicted molar refractivity (Wildman–Crippen MR) is 51.1 cm³/mol. The van der Waals surface area contributed by atoms with Gasteiger partial charge in [0.1, 0.15) is 0 Å². The van der Waals surface area contributed by atoms with Gasteiger partial charge in [0.05, 0.1) is 6.61 Å². The van der Waals surface area contributed by atoms with Crippen molar-refractivity contribution < 1.29 is 5.11 Å². The van der Waals surface area contributed by atoms with Crippen LogP contribution in [0.4, 0.5) is 0 Å². The fourth-order valence-corrected chi connectivity index (χ4v) is 1.87. The summed E-state index contributed by atoms with van der Waals surface area (Å²) in [6.07, 6.45) is 2.16. The van der Waals surface area contributed by atoms with E-state index in [9.17, 15) is 0 Å². The van der Waals surface area contributed by atoms with E-state index in [2.05, 4.69) is 45.7 Å². The van der Waals surface area contributed by atoms with Gasteiger partial charge in [-0.3, -0.25) is 4.90 Å². The van der Waals surface area contributed by atoms with Gasteiger partial charge in [-0.1, -0.05) is 6.08 Å². The second kappa shape index (κ2) is 2.57. The maximum atomic E-state index is 9.16. The Balaban J connectivity index is 3.03. The van der Waals surface area contributed by atoms with Crippen LogP contribution in [-0.2, 0) is 0 Å². The zero-order valence-electron chi connectivity index (χ0n) is 8.68. The first-order valence-electron chi connectivity index (χ1n) is 4.39. The van der Waals surface area contributed by atoms with E-state index in [1.807, 2.05) is 0 Å². The smallest absolute Gasteiger partial charge is 0.0660 e. The van der Waals surface area contributed by atoms with E-state index in [1.165, 1.54) is 0 Å². The van der Waals surface area contributed by atoms with Crippen molar-refractivity contribution >= 4 is 0 Å². The van der Waals surface area contributed by atoms with Gasteiger partial charge in [-0.15, -0.1) is 0 Å². The molecule has 2 heteroatoms. The Bertz CT molecular complexity index is 216. The first kappa shape index (κ1) is 9.75. The van der Waals surface area contributed by atoms with Crippen LogP contribution >= 0.6 is 0 Å². The van der Waals surface area contributed by atoms with Crippen molar-refractivity contribution in [2.24, 2.45) is 0 Å². The molecular weight excluding hydrogens is 150 g/mol. The van der Waals surface area contributed by atoms with Crippen LogP contribution in [-0.4, -0.2) is 34.7 Å². The molecule has 0 radical (unpaired) electrons. The van der Waals surface area contributed by atoms with Crippen molar-refractivity contribution in [3.8, 4) is 0 Å². The molecule has 0 aromatic carbocycles. The maximum absolute atomic E-state index is 9.16. The summed E-state index contributed by atoms with van der Waals surface area (Å²) in [6, 6.07) is 0. The number of likely N-dealkylation sites (N-methyl/N-ethyl adjacent to an activating group) is 1. The zero-order chi connectivity index (χ0) is 9.57. The molecule has 0 aliphatic carbocycles. The Labute approximate surface area is 74.9 Å². The minimum atomic E-state index is -0.00174. The molecule has 0 amide bonds. The molecule has 0 fully saturated rings. The van der Waals surface area contributed by atoms with Crippen molar-refractivity contribution in [1.82, 2.24) is 4.90 Å². The molecule has 0 saturated carbocycles. The molecule has 1 rings (SSSR count). The Hall–Kier alpha value is -0.340. The lowest BCUT2D eigenvalue weighted by Gasteiger charge is -2.38. The Morgan fingerprint density at radius 1 is 1.33 bits per heavy atom. The third-order valence-electron chi connectivity index (χ3n) is 3.19. The highest BCUT2D eigenvalue weighted by molar-refractivity contribution is 5.30. The van der Waals surface area contributed by atoms with Crippen molar-refractivity contribution in [3.05, 3.63) is 11.6 Å². The highest BCUT2D eigenvalue weighted by atomic mass is 16.3. The average molecular weight is 169 g/mol. The molecular formula is C10H19NO. The quantitative estimate of drug-likeness (QED) is 0.600. The van der Waals surface area contributed by atoms with Crippen LogP contribution in [0.3, 0.4) is 0 Å². The highest BCUT2D eigenvalue weighted by Gasteiger charge is 2.42. The van der Waals surface area contributed by atoms with Gasteiger partial charge in [-0.2, -0.15) is 0 Å². The molecule has 0 saturated heterocycles. The molecule has 0 unspecified atom stereocenters. The Morgan fingerprint density at radius 3 is 2.00 bits per heavy atom. The van der Waals surface area contributed by atoms with E-state index in [-0.39, 0.29) is 17.7 Å².